The number of anilines is 2. The van der Waals surface area contributed by atoms with E-state index < -0.39 is 6.10 Å². The van der Waals surface area contributed by atoms with Gasteiger partial charge < -0.3 is 15.8 Å². The lowest BCUT2D eigenvalue weighted by Gasteiger charge is -2.15. The molecule has 0 fully saturated rings. The van der Waals surface area contributed by atoms with Crippen LogP contribution in [0.4, 0.5) is 11.4 Å². The first-order valence-corrected chi connectivity index (χ1v) is 6.85. The van der Waals surface area contributed by atoms with Crippen LogP contribution in [0.3, 0.4) is 0 Å². The Hall–Kier alpha value is -2.49. The van der Waals surface area contributed by atoms with Gasteiger partial charge in [-0.2, -0.15) is 0 Å². The third-order valence-electron chi connectivity index (χ3n) is 3.03. The number of carbonyl (C=O) groups is 1. The van der Waals surface area contributed by atoms with Crippen LogP contribution in [-0.2, 0) is 4.79 Å². The molecule has 21 heavy (non-hydrogen) atoms. The summed E-state index contributed by atoms with van der Waals surface area (Å²) in [6, 6.07) is 12.9. The van der Waals surface area contributed by atoms with E-state index in [1.54, 1.807) is 31.2 Å². The van der Waals surface area contributed by atoms with E-state index in [9.17, 15) is 4.79 Å². The van der Waals surface area contributed by atoms with Gasteiger partial charge in [0.1, 0.15) is 5.75 Å². The number of aryl methyl sites for hydroxylation is 2. The van der Waals surface area contributed by atoms with Gasteiger partial charge in [-0.05, 0) is 62.2 Å². The molecule has 0 heterocycles. The van der Waals surface area contributed by atoms with E-state index >= 15 is 0 Å². The molecule has 0 aliphatic carbocycles. The number of nitrogens with one attached hydrogen (secondary N) is 1. The van der Waals surface area contributed by atoms with Crippen LogP contribution in [0.15, 0.2) is 42.5 Å². The maximum Gasteiger partial charge on any atom is 0.265 e. The standard InChI is InChI=1S/C17H20N2O2/c1-11-7-12(2)9-16(8-11)21-13(3)17(20)19-15-6-4-5-14(18)10-15/h4-10,13H,18H2,1-3H3,(H,19,20). The van der Waals surface area contributed by atoms with Gasteiger partial charge in [-0.15, -0.1) is 0 Å². The molecule has 1 amide bonds. The van der Waals surface area contributed by atoms with Crippen molar-refractivity contribution >= 4 is 17.3 Å². The molecule has 1 unspecified atom stereocenters. The number of ether oxygens (including phenoxy) is 1. The summed E-state index contributed by atoms with van der Waals surface area (Å²) in [5.74, 6) is 0.488. The molecule has 2 aromatic carbocycles. The number of amides is 1. The van der Waals surface area contributed by atoms with Crippen LogP contribution in [0.2, 0.25) is 0 Å². The highest BCUT2D eigenvalue weighted by Gasteiger charge is 2.15. The fourth-order valence-electron chi connectivity index (χ4n) is 2.12. The maximum absolute atomic E-state index is 12.1. The zero-order chi connectivity index (χ0) is 15.4. The molecule has 0 saturated carbocycles. The number of hydrogen-bond donors (Lipinski definition) is 2. The van der Waals surface area contributed by atoms with E-state index in [-0.39, 0.29) is 5.91 Å². The van der Waals surface area contributed by atoms with Gasteiger partial charge >= 0.3 is 0 Å². The Kier molecular flexibility index (Phi) is 4.48. The molecule has 0 bridgehead atoms. The molecule has 0 aliphatic heterocycles. The summed E-state index contributed by atoms with van der Waals surface area (Å²) in [5.41, 5.74) is 9.16. The van der Waals surface area contributed by atoms with Gasteiger partial charge in [0, 0.05) is 11.4 Å². The number of hydrogen-bond acceptors (Lipinski definition) is 3. The molecule has 110 valence electrons. The first kappa shape index (κ1) is 14.9. The topological polar surface area (TPSA) is 64.3 Å². The van der Waals surface area contributed by atoms with Crippen molar-refractivity contribution in [2.75, 3.05) is 11.1 Å². The third kappa shape index (κ3) is 4.24. The Labute approximate surface area is 124 Å². The van der Waals surface area contributed by atoms with Crippen molar-refractivity contribution in [2.24, 2.45) is 0 Å². The van der Waals surface area contributed by atoms with Crippen molar-refractivity contribution in [2.45, 2.75) is 26.9 Å². The molecule has 0 spiro atoms. The molecule has 0 aliphatic rings. The van der Waals surface area contributed by atoms with Gasteiger partial charge in [0.2, 0.25) is 0 Å². The molecular formula is C17H20N2O2. The zero-order valence-corrected chi connectivity index (χ0v) is 12.5. The van der Waals surface area contributed by atoms with Crippen LogP contribution in [0.25, 0.3) is 0 Å². The SMILES string of the molecule is Cc1cc(C)cc(OC(C)C(=O)Nc2cccc(N)c2)c1. The fourth-order valence-corrected chi connectivity index (χ4v) is 2.12. The smallest absolute Gasteiger partial charge is 0.265 e. The van der Waals surface area contributed by atoms with Crippen LogP contribution in [0.1, 0.15) is 18.1 Å². The second kappa shape index (κ2) is 6.31. The number of benzene rings is 2. The van der Waals surface area contributed by atoms with E-state index in [2.05, 4.69) is 11.4 Å². The minimum Gasteiger partial charge on any atom is -0.481 e. The number of carbonyl (C=O) groups excluding carboxylic acids is 1. The fraction of sp³-hybridized carbons (Fsp3) is 0.235. The average Bonchev–Trinajstić information content (AvgIpc) is 2.37. The van der Waals surface area contributed by atoms with E-state index in [1.165, 1.54) is 0 Å². The first-order chi connectivity index (χ1) is 9.94. The largest absolute Gasteiger partial charge is 0.481 e. The van der Waals surface area contributed by atoms with Gasteiger partial charge in [-0.25, -0.2) is 0 Å². The lowest BCUT2D eigenvalue weighted by atomic mass is 10.1. The van der Waals surface area contributed by atoms with E-state index in [4.69, 9.17) is 10.5 Å². The van der Waals surface area contributed by atoms with Crippen LogP contribution in [-0.4, -0.2) is 12.0 Å². The number of rotatable bonds is 4. The Bertz CT molecular complexity index is 633. The number of nitrogen functional groups attached to an aromatic ring is 1. The minimum absolute atomic E-state index is 0.209. The highest BCUT2D eigenvalue weighted by Crippen LogP contribution is 2.18. The van der Waals surface area contributed by atoms with Crippen LogP contribution in [0.5, 0.6) is 5.75 Å². The van der Waals surface area contributed by atoms with Gasteiger partial charge in [-0.1, -0.05) is 12.1 Å². The quantitative estimate of drug-likeness (QED) is 0.847. The number of nitrogens with two attached hydrogens (primary N) is 1. The molecule has 0 radical (unpaired) electrons. The molecule has 2 rings (SSSR count). The molecule has 0 aromatic heterocycles. The first-order valence-electron chi connectivity index (χ1n) is 6.85. The molecule has 0 saturated heterocycles. The average molecular weight is 284 g/mol. The summed E-state index contributed by atoms with van der Waals surface area (Å²) >= 11 is 0. The molecule has 4 heteroatoms. The van der Waals surface area contributed by atoms with Crippen molar-refractivity contribution < 1.29 is 9.53 Å². The minimum atomic E-state index is -0.590. The van der Waals surface area contributed by atoms with Gasteiger partial charge in [-0.3, -0.25) is 4.79 Å². The molecule has 1 atom stereocenters. The van der Waals surface area contributed by atoms with E-state index in [0.29, 0.717) is 17.1 Å². The predicted octanol–water partition coefficient (Wildman–Crippen LogP) is 3.29. The van der Waals surface area contributed by atoms with Crippen molar-refractivity contribution in [1.82, 2.24) is 0 Å². The Balaban J connectivity index is 2.02. The van der Waals surface area contributed by atoms with Crippen LogP contribution < -0.4 is 15.8 Å². The summed E-state index contributed by atoms with van der Waals surface area (Å²) in [6.45, 7) is 5.72. The third-order valence-corrected chi connectivity index (χ3v) is 3.03. The predicted molar refractivity (Wildman–Crippen MR) is 85.5 cm³/mol. The van der Waals surface area contributed by atoms with Crippen molar-refractivity contribution in [1.29, 1.82) is 0 Å². The summed E-state index contributed by atoms with van der Waals surface area (Å²) in [7, 11) is 0. The lowest BCUT2D eigenvalue weighted by molar-refractivity contribution is -0.122. The van der Waals surface area contributed by atoms with Gasteiger partial charge in [0.25, 0.3) is 5.91 Å². The van der Waals surface area contributed by atoms with E-state index in [0.717, 1.165) is 11.1 Å². The van der Waals surface area contributed by atoms with Crippen molar-refractivity contribution in [3.05, 3.63) is 53.6 Å². The van der Waals surface area contributed by atoms with Gasteiger partial charge in [0.05, 0.1) is 0 Å². The molecule has 2 aromatic rings. The lowest BCUT2D eigenvalue weighted by Crippen LogP contribution is -2.30. The molecule has 4 nitrogen and oxygen atoms in total. The molecule has 3 N–H and O–H groups in total. The highest BCUT2D eigenvalue weighted by atomic mass is 16.5. The Morgan fingerprint density at radius 2 is 1.81 bits per heavy atom. The van der Waals surface area contributed by atoms with E-state index in [1.807, 2.05) is 26.0 Å². The summed E-state index contributed by atoms with van der Waals surface area (Å²) in [4.78, 5) is 12.1. The van der Waals surface area contributed by atoms with Gasteiger partial charge in [0.15, 0.2) is 6.10 Å². The van der Waals surface area contributed by atoms with Crippen LogP contribution >= 0.6 is 0 Å². The van der Waals surface area contributed by atoms with Crippen molar-refractivity contribution in [3.63, 3.8) is 0 Å². The Morgan fingerprint density at radius 3 is 2.43 bits per heavy atom. The van der Waals surface area contributed by atoms with Crippen molar-refractivity contribution in [3.8, 4) is 5.75 Å². The summed E-state index contributed by atoms with van der Waals surface area (Å²) in [6.07, 6.45) is -0.590. The maximum atomic E-state index is 12.1. The monoisotopic (exact) mass is 284 g/mol. The normalized spacial score (nSPS) is 11.8. The zero-order valence-electron chi connectivity index (χ0n) is 12.5. The summed E-state index contributed by atoms with van der Waals surface area (Å²) in [5, 5.41) is 2.79. The Morgan fingerprint density at radius 1 is 1.14 bits per heavy atom. The summed E-state index contributed by atoms with van der Waals surface area (Å²) < 4.78 is 5.70. The highest BCUT2D eigenvalue weighted by molar-refractivity contribution is 5.94. The van der Waals surface area contributed by atoms with Crippen LogP contribution in [0, 0.1) is 13.8 Å². The second-order valence-electron chi connectivity index (χ2n) is 5.20. The molecular weight excluding hydrogens is 264 g/mol. The second-order valence-corrected chi connectivity index (χ2v) is 5.20.